The highest BCUT2D eigenvalue weighted by Crippen LogP contribution is 2.40. The molecule has 0 N–H and O–H groups in total. The summed E-state index contributed by atoms with van der Waals surface area (Å²) >= 11 is 0. The molecule has 12 nitrogen and oxygen atoms in total. The van der Waals surface area contributed by atoms with Gasteiger partial charge in [0.05, 0.1) is 29.7 Å². The molecule has 3 amide bonds. The van der Waals surface area contributed by atoms with Crippen molar-refractivity contribution in [3.8, 4) is 5.75 Å². The van der Waals surface area contributed by atoms with Crippen LogP contribution >= 0.6 is 0 Å². The summed E-state index contributed by atoms with van der Waals surface area (Å²) in [6.07, 6.45) is 0.638. The second-order valence-corrected chi connectivity index (χ2v) is 13.4. The number of hydrogen-bond acceptors (Lipinski definition) is 8. The topological polar surface area (TPSA) is 127 Å². The lowest BCUT2D eigenvalue weighted by Gasteiger charge is -2.31. The number of para-hydroxylation sites is 3. The number of rotatable bonds is 8. The molecule has 1 aliphatic rings. The lowest BCUT2D eigenvalue weighted by atomic mass is 9.99. The van der Waals surface area contributed by atoms with Crippen LogP contribution in [0.15, 0.2) is 97.2 Å². The van der Waals surface area contributed by atoms with Gasteiger partial charge in [-0.15, -0.1) is 0 Å². The highest BCUT2D eigenvalue weighted by atomic mass is 16.6. The van der Waals surface area contributed by atoms with Crippen LogP contribution < -0.4 is 19.4 Å². The molecular formula is C39H40N6O6. The smallest absolute Gasteiger partial charge is 0.435 e. The van der Waals surface area contributed by atoms with Gasteiger partial charge in [-0.2, -0.15) is 9.78 Å². The van der Waals surface area contributed by atoms with Gasteiger partial charge in [-0.1, -0.05) is 30.3 Å². The van der Waals surface area contributed by atoms with Crippen molar-refractivity contribution in [2.75, 3.05) is 28.4 Å². The van der Waals surface area contributed by atoms with Crippen LogP contribution in [-0.2, 0) is 25.5 Å². The van der Waals surface area contributed by atoms with Gasteiger partial charge in [0.15, 0.2) is 0 Å². The van der Waals surface area contributed by atoms with Crippen molar-refractivity contribution in [2.24, 2.45) is 5.92 Å². The molecule has 3 aromatic carbocycles. The van der Waals surface area contributed by atoms with Crippen LogP contribution in [0.3, 0.4) is 0 Å². The number of methoxy groups -OCH3 is 1. The van der Waals surface area contributed by atoms with Crippen LogP contribution in [0.2, 0.25) is 0 Å². The fraction of sp³-hybridized carbons (Fsp3) is 0.282. The van der Waals surface area contributed by atoms with E-state index in [1.54, 1.807) is 112 Å². The minimum Gasteiger partial charge on any atom is -0.497 e. The standard InChI is InChI=1S/C39H40N6O6/c1-25(2)43(27-18-20-28(50-6)21-19-27)34(46)24-42-31-15-10-11-16-32(31)44(26-13-8-7-9-14-26)37(48)29(36(42)47)23-30-35-33(17-12-22-40-35)45(41-30)38(49)51-39(3,4)5/h7-22,25,29H,23-24H2,1-6H3. The monoisotopic (exact) mass is 688 g/mol. The van der Waals surface area contributed by atoms with Crippen LogP contribution in [0.5, 0.6) is 5.75 Å². The minimum absolute atomic E-state index is 0.199. The number of carbonyl (C=O) groups excluding carboxylic acids is 4. The Balaban J connectivity index is 1.46. The van der Waals surface area contributed by atoms with Crippen LogP contribution in [0.4, 0.5) is 27.5 Å². The number of carbonyl (C=O) groups is 4. The number of hydrogen-bond donors (Lipinski definition) is 0. The lowest BCUT2D eigenvalue weighted by molar-refractivity contribution is -0.132. The van der Waals surface area contributed by atoms with Gasteiger partial charge in [0, 0.05) is 30.0 Å². The van der Waals surface area contributed by atoms with Crippen LogP contribution in [0.25, 0.3) is 11.0 Å². The third kappa shape index (κ3) is 7.03. The van der Waals surface area contributed by atoms with Gasteiger partial charge in [-0.25, -0.2) is 4.79 Å². The molecule has 0 radical (unpaired) electrons. The number of aromatic nitrogens is 3. The van der Waals surface area contributed by atoms with Crippen molar-refractivity contribution in [3.63, 3.8) is 0 Å². The summed E-state index contributed by atoms with van der Waals surface area (Å²) in [5, 5.41) is 4.56. The number of anilines is 4. The quantitative estimate of drug-likeness (QED) is 0.168. The van der Waals surface area contributed by atoms with Gasteiger partial charge in [-0.3, -0.25) is 24.3 Å². The van der Waals surface area contributed by atoms with E-state index in [2.05, 4.69) is 10.1 Å². The molecule has 262 valence electrons. The Morgan fingerprint density at radius 2 is 1.53 bits per heavy atom. The second kappa shape index (κ2) is 14.1. The maximum absolute atomic E-state index is 14.9. The van der Waals surface area contributed by atoms with Crippen LogP contribution in [0, 0.1) is 5.92 Å². The third-order valence-electron chi connectivity index (χ3n) is 8.41. The molecule has 0 saturated carbocycles. The lowest BCUT2D eigenvalue weighted by Crippen LogP contribution is -2.48. The van der Waals surface area contributed by atoms with E-state index in [0.29, 0.717) is 39.5 Å². The molecule has 51 heavy (non-hydrogen) atoms. The number of nitrogens with zero attached hydrogens (tertiary/aromatic N) is 6. The predicted molar refractivity (Wildman–Crippen MR) is 194 cm³/mol. The fourth-order valence-corrected chi connectivity index (χ4v) is 6.22. The number of pyridine rings is 1. The van der Waals surface area contributed by atoms with Crippen molar-refractivity contribution >= 4 is 57.6 Å². The largest absolute Gasteiger partial charge is 0.497 e. The maximum atomic E-state index is 14.9. The molecule has 0 saturated heterocycles. The Morgan fingerprint density at radius 1 is 0.863 bits per heavy atom. The molecule has 1 aliphatic heterocycles. The summed E-state index contributed by atoms with van der Waals surface area (Å²) in [6.45, 7) is 8.68. The Morgan fingerprint density at radius 3 is 2.18 bits per heavy atom. The Labute approximate surface area is 296 Å². The van der Waals surface area contributed by atoms with Gasteiger partial charge in [-0.05, 0) is 95.3 Å². The van der Waals surface area contributed by atoms with Crippen molar-refractivity contribution in [2.45, 2.75) is 52.7 Å². The zero-order valence-corrected chi connectivity index (χ0v) is 29.4. The molecule has 6 rings (SSSR count). The van der Waals surface area contributed by atoms with Crippen molar-refractivity contribution in [1.29, 1.82) is 0 Å². The maximum Gasteiger partial charge on any atom is 0.435 e. The first-order chi connectivity index (χ1) is 24.4. The zero-order chi connectivity index (χ0) is 36.4. The van der Waals surface area contributed by atoms with Gasteiger partial charge in [0.1, 0.15) is 29.3 Å². The van der Waals surface area contributed by atoms with Crippen LogP contribution in [0.1, 0.15) is 40.3 Å². The Hall–Kier alpha value is -6.04. The molecule has 0 fully saturated rings. The van der Waals surface area contributed by atoms with E-state index in [1.165, 1.54) is 9.80 Å². The van der Waals surface area contributed by atoms with Crippen molar-refractivity contribution in [3.05, 3.63) is 103 Å². The van der Waals surface area contributed by atoms with E-state index in [1.807, 2.05) is 32.0 Å². The molecule has 2 aromatic heterocycles. The Bertz CT molecular complexity index is 2090. The van der Waals surface area contributed by atoms with Gasteiger partial charge >= 0.3 is 6.09 Å². The first-order valence-corrected chi connectivity index (χ1v) is 16.7. The van der Waals surface area contributed by atoms with Gasteiger partial charge in [0.25, 0.3) is 0 Å². The molecule has 0 aliphatic carbocycles. The number of fused-ring (bicyclic) bond motifs is 2. The molecule has 12 heteroatoms. The molecule has 3 heterocycles. The highest BCUT2D eigenvalue weighted by molar-refractivity contribution is 6.21. The summed E-state index contributed by atoms with van der Waals surface area (Å²) < 4.78 is 12.0. The van der Waals surface area contributed by atoms with E-state index in [9.17, 15) is 19.2 Å². The number of amides is 3. The molecular weight excluding hydrogens is 648 g/mol. The average molecular weight is 689 g/mol. The second-order valence-electron chi connectivity index (χ2n) is 13.4. The fourth-order valence-electron chi connectivity index (χ4n) is 6.22. The minimum atomic E-state index is -1.34. The van der Waals surface area contributed by atoms with Crippen molar-refractivity contribution < 1.29 is 28.7 Å². The molecule has 1 atom stereocenters. The molecule has 1 unspecified atom stereocenters. The van der Waals surface area contributed by atoms with Crippen molar-refractivity contribution in [1.82, 2.24) is 14.8 Å². The SMILES string of the molecule is COc1ccc(N(C(=O)CN2C(=O)C(Cc3nn(C(=O)OC(C)(C)C)c4cccnc34)C(=O)N(c3ccccc3)c3ccccc32)C(C)C)cc1. The Kier molecular flexibility index (Phi) is 9.60. The van der Waals surface area contributed by atoms with Gasteiger partial charge < -0.3 is 19.3 Å². The van der Waals surface area contributed by atoms with E-state index in [-0.39, 0.29) is 30.6 Å². The van der Waals surface area contributed by atoms with Gasteiger partial charge in [0.2, 0.25) is 17.7 Å². The molecule has 0 spiro atoms. The molecule has 5 aromatic rings. The third-order valence-corrected chi connectivity index (χ3v) is 8.41. The first kappa shape index (κ1) is 34.8. The van der Waals surface area contributed by atoms with E-state index in [0.717, 1.165) is 4.68 Å². The number of ether oxygens (including phenoxy) is 2. The van der Waals surface area contributed by atoms with E-state index in [4.69, 9.17) is 9.47 Å². The predicted octanol–water partition coefficient (Wildman–Crippen LogP) is 6.53. The van der Waals surface area contributed by atoms with E-state index < -0.39 is 29.4 Å². The summed E-state index contributed by atoms with van der Waals surface area (Å²) in [7, 11) is 1.57. The van der Waals surface area contributed by atoms with E-state index >= 15 is 0 Å². The zero-order valence-electron chi connectivity index (χ0n) is 29.4. The number of benzene rings is 3. The van der Waals surface area contributed by atoms with Crippen LogP contribution in [-0.4, -0.2) is 63.9 Å². The average Bonchev–Trinajstić information content (AvgIpc) is 3.45. The summed E-state index contributed by atoms with van der Waals surface area (Å²) in [6, 6.07) is 26.3. The summed E-state index contributed by atoms with van der Waals surface area (Å²) in [4.78, 5) is 66.1. The summed E-state index contributed by atoms with van der Waals surface area (Å²) in [5.74, 6) is -2.15. The highest BCUT2D eigenvalue weighted by Gasteiger charge is 2.43. The first-order valence-electron chi connectivity index (χ1n) is 16.7. The normalized spacial score (nSPS) is 14.8. The molecule has 0 bridgehead atoms. The summed E-state index contributed by atoms with van der Waals surface area (Å²) in [5.41, 5.74) is 2.21.